The average molecular weight is 369 g/mol. The number of ether oxygens (including phenoxy) is 1. The Balaban J connectivity index is 1.56. The van der Waals surface area contributed by atoms with Crippen molar-refractivity contribution in [2.75, 3.05) is 4.90 Å². The van der Waals surface area contributed by atoms with Crippen molar-refractivity contribution in [3.05, 3.63) is 101 Å². The maximum absolute atomic E-state index is 12.7. The fourth-order valence-corrected chi connectivity index (χ4v) is 3.66. The SMILES string of the molecule is O=c1cc(N2C=COC(CC3=CC=CCC3)=C2)oc2c1ccc1ccccc12. The van der Waals surface area contributed by atoms with Crippen molar-refractivity contribution in [2.45, 2.75) is 19.3 Å². The van der Waals surface area contributed by atoms with E-state index in [2.05, 4.69) is 18.2 Å². The van der Waals surface area contributed by atoms with E-state index in [4.69, 9.17) is 9.15 Å². The summed E-state index contributed by atoms with van der Waals surface area (Å²) in [7, 11) is 0. The Hall–Kier alpha value is -3.53. The maximum Gasteiger partial charge on any atom is 0.208 e. The van der Waals surface area contributed by atoms with E-state index in [9.17, 15) is 4.79 Å². The molecule has 0 radical (unpaired) electrons. The zero-order valence-corrected chi connectivity index (χ0v) is 15.3. The van der Waals surface area contributed by atoms with Crippen LogP contribution in [0.1, 0.15) is 19.3 Å². The lowest BCUT2D eigenvalue weighted by atomic mass is 10.0. The van der Waals surface area contributed by atoms with E-state index in [-0.39, 0.29) is 5.43 Å². The molecule has 0 saturated carbocycles. The van der Waals surface area contributed by atoms with Crippen LogP contribution >= 0.6 is 0 Å². The van der Waals surface area contributed by atoms with E-state index >= 15 is 0 Å². The number of fused-ring (bicyclic) bond motifs is 3. The molecule has 0 N–H and O–H groups in total. The highest BCUT2D eigenvalue weighted by molar-refractivity contribution is 6.04. The van der Waals surface area contributed by atoms with Gasteiger partial charge in [0.15, 0.2) is 5.43 Å². The second-order valence-corrected chi connectivity index (χ2v) is 6.99. The third-order valence-corrected chi connectivity index (χ3v) is 5.09. The normalized spacial score (nSPS) is 16.2. The van der Waals surface area contributed by atoms with Crippen molar-refractivity contribution >= 4 is 27.6 Å². The van der Waals surface area contributed by atoms with Gasteiger partial charge in [-0.05, 0) is 24.3 Å². The summed E-state index contributed by atoms with van der Waals surface area (Å²) in [5.74, 6) is 1.30. The van der Waals surface area contributed by atoms with Crippen LogP contribution < -0.4 is 10.3 Å². The number of hydrogen-bond acceptors (Lipinski definition) is 4. The highest BCUT2D eigenvalue weighted by Crippen LogP contribution is 2.29. The van der Waals surface area contributed by atoms with Crippen LogP contribution in [0.4, 0.5) is 5.88 Å². The molecule has 0 atom stereocenters. The molecule has 0 saturated heterocycles. The van der Waals surface area contributed by atoms with Gasteiger partial charge in [-0.2, -0.15) is 0 Å². The molecular weight excluding hydrogens is 350 g/mol. The molecule has 1 aliphatic heterocycles. The van der Waals surface area contributed by atoms with Crippen LogP contribution in [0, 0.1) is 0 Å². The number of allylic oxidation sites excluding steroid dienone is 4. The van der Waals surface area contributed by atoms with E-state index < -0.39 is 0 Å². The Morgan fingerprint density at radius 2 is 2.00 bits per heavy atom. The summed E-state index contributed by atoms with van der Waals surface area (Å²) in [4.78, 5) is 14.5. The zero-order valence-electron chi connectivity index (χ0n) is 15.3. The highest BCUT2D eigenvalue weighted by Gasteiger charge is 2.15. The Bertz CT molecular complexity index is 1240. The maximum atomic E-state index is 12.7. The van der Waals surface area contributed by atoms with E-state index in [1.54, 1.807) is 17.4 Å². The van der Waals surface area contributed by atoms with E-state index in [0.717, 1.165) is 35.8 Å². The van der Waals surface area contributed by atoms with Crippen molar-refractivity contribution in [3.8, 4) is 0 Å². The van der Waals surface area contributed by atoms with Crippen LogP contribution in [0.3, 0.4) is 0 Å². The van der Waals surface area contributed by atoms with Gasteiger partial charge in [-0.15, -0.1) is 0 Å². The predicted octanol–water partition coefficient (Wildman–Crippen LogP) is 5.76. The first-order chi connectivity index (χ1) is 13.8. The summed E-state index contributed by atoms with van der Waals surface area (Å²) in [6.45, 7) is 0. The van der Waals surface area contributed by atoms with Crippen LogP contribution in [0.25, 0.3) is 21.7 Å². The molecule has 3 aromatic rings. The molecule has 1 aliphatic carbocycles. The van der Waals surface area contributed by atoms with E-state index in [1.807, 2.05) is 42.6 Å². The van der Waals surface area contributed by atoms with Crippen LogP contribution in [-0.4, -0.2) is 0 Å². The lowest BCUT2D eigenvalue weighted by molar-refractivity contribution is 0.329. The van der Waals surface area contributed by atoms with Gasteiger partial charge < -0.3 is 9.15 Å². The van der Waals surface area contributed by atoms with Gasteiger partial charge in [0.2, 0.25) is 5.88 Å². The third kappa shape index (κ3) is 3.03. The molecule has 28 heavy (non-hydrogen) atoms. The number of rotatable bonds is 3. The number of benzene rings is 2. The molecule has 1 aromatic heterocycles. The molecule has 0 fully saturated rings. The van der Waals surface area contributed by atoms with Gasteiger partial charge in [-0.25, -0.2) is 0 Å². The van der Waals surface area contributed by atoms with Crippen molar-refractivity contribution in [2.24, 2.45) is 0 Å². The molecule has 2 aromatic carbocycles. The summed E-state index contributed by atoms with van der Waals surface area (Å²) < 4.78 is 11.9. The van der Waals surface area contributed by atoms with Crippen molar-refractivity contribution in [1.29, 1.82) is 0 Å². The second-order valence-electron chi connectivity index (χ2n) is 6.99. The van der Waals surface area contributed by atoms with Crippen molar-refractivity contribution in [3.63, 3.8) is 0 Å². The first-order valence-corrected chi connectivity index (χ1v) is 9.40. The minimum absolute atomic E-state index is 0.0584. The van der Waals surface area contributed by atoms with Gasteiger partial charge in [0.25, 0.3) is 0 Å². The lowest BCUT2D eigenvalue weighted by Gasteiger charge is -2.21. The molecule has 4 heteroatoms. The van der Waals surface area contributed by atoms with Crippen molar-refractivity contribution < 1.29 is 9.15 Å². The first-order valence-electron chi connectivity index (χ1n) is 9.40. The Morgan fingerprint density at radius 1 is 1.07 bits per heavy atom. The summed E-state index contributed by atoms with van der Waals surface area (Å²) >= 11 is 0. The summed E-state index contributed by atoms with van der Waals surface area (Å²) in [6, 6.07) is 13.2. The zero-order chi connectivity index (χ0) is 18.9. The summed E-state index contributed by atoms with van der Waals surface area (Å²) in [5.41, 5.74) is 1.88. The van der Waals surface area contributed by atoms with Gasteiger partial charge in [-0.1, -0.05) is 54.1 Å². The fourth-order valence-electron chi connectivity index (χ4n) is 3.66. The van der Waals surface area contributed by atoms with Gasteiger partial charge in [-0.3, -0.25) is 9.69 Å². The minimum atomic E-state index is -0.0584. The molecule has 5 rings (SSSR count). The minimum Gasteiger partial charge on any atom is -0.466 e. The van der Waals surface area contributed by atoms with Gasteiger partial charge >= 0.3 is 0 Å². The molecule has 2 aliphatic rings. The van der Waals surface area contributed by atoms with Crippen LogP contribution in [0.15, 0.2) is 99.9 Å². The van der Waals surface area contributed by atoms with E-state index in [1.165, 1.54) is 11.6 Å². The Kier molecular flexibility index (Phi) is 4.09. The molecule has 4 nitrogen and oxygen atoms in total. The number of anilines is 1. The van der Waals surface area contributed by atoms with E-state index in [0.29, 0.717) is 16.9 Å². The van der Waals surface area contributed by atoms with Gasteiger partial charge in [0.05, 0.1) is 11.6 Å². The molecule has 2 heterocycles. The second kappa shape index (κ2) is 6.89. The van der Waals surface area contributed by atoms with Gasteiger partial charge in [0, 0.05) is 24.1 Å². The molecular formula is C24H19NO3. The van der Waals surface area contributed by atoms with Crippen LogP contribution in [-0.2, 0) is 4.74 Å². The number of nitrogens with zero attached hydrogens (tertiary/aromatic N) is 1. The quantitative estimate of drug-likeness (QED) is 0.550. The van der Waals surface area contributed by atoms with Crippen LogP contribution in [0.5, 0.6) is 0 Å². The molecule has 138 valence electrons. The van der Waals surface area contributed by atoms with Gasteiger partial charge in [0.1, 0.15) is 17.6 Å². The largest absolute Gasteiger partial charge is 0.466 e. The molecule has 0 unspecified atom stereocenters. The third-order valence-electron chi connectivity index (χ3n) is 5.09. The lowest BCUT2D eigenvalue weighted by Crippen LogP contribution is -2.15. The average Bonchev–Trinajstić information content (AvgIpc) is 2.74. The summed E-state index contributed by atoms with van der Waals surface area (Å²) in [5, 5.41) is 2.56. The smallest absolute Gasteiger partial charge is 0.208 e. The molecule has 0 spiro atoms. The topological polar surface area (TPSA) is 42.7 Å². The monoisotopic (exact) mass is 369 g/mol. The van der Waals surface area contributed by atoms with Crippen LogP contribution in [0.2, 0.25) is 0 Å². The molecule has 0 bridgehead atoms. The fraction of sp³-hybridized carbons (Fsp3) is 0.125. The molecule has 0 amide bonds. The standard InChI is InChI=1S/C24H19NO3/c26-22-15-23(28-24-20-9-5-4-8-18(20)10-11-21(22)24)25-12-13-27-19(16-25)14-17-6-2-1-3-7-17/h1-2,4-6,8-13,15-16H,3,7,14H2. The summed E-state index contributed by atoms with van der Waals surface area (Å²) in [6.07, 6.45) is 14.5. The first kappa shape index (κ1) is 16.6. The Labute approximate surface area is 162 Å². The number of hydrogen-bond donors (Lipinski definition) is 0. The highest BCUT2D eigenvalue weighted by atomic mass is 16.5. The predicted molar refractivity (Wildman–Crippen MR) is 112 cm³/mol. The van der Waals surface area contributed by atoms with Crippen molar-refractivity contribution in [1.82, 2.24) is 0 Å². The Morgan fingerprint density at radius 3 is 2.89 bits per heavy atom.